The Hall–Kier alpha value is -0.510. The van der Waals surface area contributed by atoms with Gasteiger partial charge < -0.3 is 10.4 Å². The van der Waals surface area contributed by atoms with Gasteiger partial charge >= 0.3 is 5.71 Å². The van der Waals surface area contributed by atoms with Crippen molar-refractivity contribution in [1.29, 1.82) is 0 Å². The molecule has 1 unspecified atom stereocenters. The fraction of sp³-hybridized carbons (Fsp3) is 0.500. The van der Waals surface area contributed by atoms with E-state index in [1.165, 1.54) is 0 Å². The lowest BCUT2D eigenvalue weighted by Gasteiger charge is -2.22. The van der Waals surface area contributed by atoms with Gasteiger partial charge in [0.25, 0.3) is 0 Å². The first-order valence-electron chi connectivity index (χ1n) is 4.70. The fourth-order valence-electron chi connectivity index (χ4n) is 1.37. The molecule has 0 aromatic rings. The molecule has 5 heteroatoms. The van der Waals surface area contributed by atoms with E-state index < -0.39 is 0 Å². The molecule has 0 aromatic heterocycles. The Bertz CT molecular complexity index is 354. The third-order valence-electron chi connectivity index (χ3n) is 2.09. The van der Waals surface area contributed by atoms with Crippen LogP contribution >= 0.6 is 27.7 Å². The van der Waals surface area contributed by atoms with Crippen molar-refractivity contribution >= 4 is 33.4 Å². The topological polar surface area (TPSA) is 39.6 Å². The molecule has 82 valence electrons. The molecule has 0 spiro atoms. The lowest BCUT2D eigenvalue weighted by Crippen LogP contribution is -2.25. The highest BCUT2D eigenvalue weighted by atomic mass is 79.9. The highest BCUT2D eigenvalue weighted by Gasteiger charge is 2.30. The van der Waals surface area contributed by atoms with E-state index in [4.69, 9.17) is 5.53 Å². The normalized spacial score (nSPS) is 20.5. The SMILES string of the molecule is CCSC1C(=[N+]=[N-])C=CC(N(C)C)=C1Br. The van der Waals surface area contributed by atoms with Gasteiger partial charge in [-0.05, 0) is 11.8 Å². The molecule has 1 aliphatic rings. The molecular weight excluding hydrogens is 274 g/mol. The van der Waals surface area contributed by atoms with Crippen LogP contribution in [-0.4, -0.2) is 40.5 Å². The van der Waals surface area contributed by atoms with Crippen LogP contribution in [0.25, 0.3) is 5.53 Å². The van der Waals surface area contributed by atoms with Gasteiger partial charge in [0.1, 0.15) is 5.25 Å². The van der Waals surface area contributed by atoms with Gasteiger partial charge in [-0.2, -0.15) is 4.79 Å². The Morgan fingerprint density at radius 1 is 1.53 bits per heavy atom. The van der Waals surface area contributed by atoms with E-state index in [0.29, 0.717) is 5.71 Å². The molecule has 0 amide bonds. The van der Waals surface area contributed by atoms with Crippen molar-refractivity contribution in [3.05, 3.63) is 27.9 Å². The average Bonchev–Trinajstić information content (AvgIpc) is 2.20. The maximum Gasteiger partial charge on any atom is 0.309 e. The van der Waals surface area contributed by atoms with Crippen LogP contribution in [0.3, 0.4) is 0 Å². The zero-order chi connectivity index (χ0) is 11.4. The Kier molecular flexibility index (Phi) is 4.64. The minimum Gasteiger partial charge on any atom is -0.377 e. The van der Waals surface area contributed by atoms with Gasteiger partial charge in [-0.1, -0.05) is 22.9 Å². The van der Waals surface area contributed by atoms with Crippen molar-refractivity contribution in [3.63, 3.8) is 0 Å². The van der Waals surface area contributed by atoms with E-state index in [9.17, 15) is 0 Å². The smallest absolute Gasteiger partial charge is 0.309 e. The Morgan fingerprint density at radius 3 is 2.67 bits per heavy atom. The monoisotopic (exact) mass is 287 g/mol. The van der Waals surface area contributed by atoms with Crippen LogP contribution in [0.4, 0.5) is 0 Å². The highest BCUT2D eigenvalue weighted by molar-refractivity contribution is 9.12. The lowest BCUT2D eigenvalue weighted by atomic mass is 10.1. The predicted octanol–water partition coefficient (Wildman–Crippen LogP) is 2.52. The molecule has 0 saturated heterocycles. The minimum atomic E-state index is 0.0994. The van der Waals surface area contributed by atoms with Crippen molar-refractivity contribution in [2.75, 3.05) is 19.8 Å². The molecule has 0 aromatic carbocycles. The summed E-state index contributed by atoms with van der Waals surface area (Å²) in [5, 5.41) is 0.0994. The summed E-state index contributed by atoms with van der Waals surface area (Å²) in [5.41, 5.74) is 10.7. The summed E-state index contributed by atoms with van der Waals surface area (Å²) in [7, 11) is 3.99. The van der Waals surface area contributed by atoms with Crippen LogP contribution in [0, 0.1) is 0 Å². The Morgan fingerprint density at radius 2 is 2.20 bits per heavy atom. The molecule has 1 rings (SSSR count). The summed E-state index contributed by atoms with van der Waals surface area (Å²) < 4.78 is 1.06. The largest absolute Gasteiger partial charge is 0.377 e. The van der Waals surface area contributed by atoms with Gasteiger partial charge in [-0.25, -0.2) is 0 Å². The summed E-state index contributed by atoms with van der Waals surface area (Å²) >= 11 is 5.32. The molecule has 1 atom stereocenters. The summed E-state index contributed by atoms with van der Waals surface area (Å²) in [6.45, 7) is 2.09. The quantitative estimate of drug-likeness (QED) is 0.591. The van der Waals surface area contributed by atoms with E-state index in [1.54, 1.807) is 11.8 Å². The van der Waals surface area contributed by atoms with E-state index in [2.05, 4.69) is 27.6 Å². The molecule has 0 fully saturated rings. The molecule has 15 heavy (non-hydrogen) atoms. The Labute approximate surface area is 103 Å². The second kappa shape index (κ2) is 5.54. The first-order chi connectivity index (χ1) is 7.11. The first-order valence-corrected chi connectivity index (χ1v) is 6.54. The van der Waals surface area contributed by atoms with Crippen molar-refractivity contribution in [3.8, 4) is 0 Å². The summed E-state index contributed by atoms with van der Waals surface area (Å²) in [6.07, 6.45) is 3.80. The zero-order valence-electron chi connectivity index (χ0n) is 9.07. The molecule has 3 nitrogen and oxygen atoms in total. The van der Waals surface area contributed by atoms with Crippen LogP contribution in [-0.2, 0) is 0 Å². The van der Waals surface area contributed by atoms with Crippen LogP contribution in [0.2, 0.25) is 0 Å². The molecule has 0 aliphatic heterocycles. The van der Waals surface area contributed by atoms with Gasteiger partial charge in [0, 0.05) is 30.4 Å². The molecule has 0 radical (unpaired) electrons. The molecule has 0 saturated carbocycles. The van der Waals surface area contributed by atoms with E-state index in [-0.39, 0.29) is 5.25 Å². The third-order valence-corrected chi connectivity index (χ3v) is 4.40. The average molecular weight is 288 g/mol. The highest BCUT2D eigenvalue weighted by Crippen LogP contribution is 2.32. The van der Waals surface area contributed by atoms with Crippen LogP contribution in [0.5, 0.6) is 0 Å². The minimum absolute atomic E-state index is 0.0994. The first kappa shape index (κ1) is 12.6. The van der Waals surface area contributed by atoms with Gasteiger partial charge in [0.2, 0.25) is 0 Å². The van der Waals surface area contributed by atoms with Crippen molar-refractivity contribution in [2.45, 2.75) is 12.2 Å². The van der Waals surface area contributed by atoms with Gasteiger partial charge in [-0.15, -0.1) is 11.8 Å². The van der Waals surface area contributed by atoms with Crippen molar-refractivity contribution in [1.82, 2.24) is 4.90 Å². The van der Waals surface area contributed by atoms with Gasteiger partial charge in [0.15, 0.2) is 0 Å². The van der Waals surface area contributed by atoms with E-state index in [0.717, 1.165) is 15.9 Å². The Balaban J connectivity index is 3.08. The number of rotatable bonds is 3. The van der Waals surface area contributed by atoms with Crippen LogP contribution < -0.4 is 0 Å². The molecule has 0 bridgehead atoms. The number of allylic oxidation sites excluding steroid dienone is 2. The maximum atomic E-state index is 8.90. The number of likely N-dealkylation sites (N-methyl/N-ethyl adjacent to an activating group) is 1. The van der Waals surface area contributed by atoms with E-state index in [1.807, 2.05) is 31.1 Å². The third kappa shape index (κ3) is 2.74. The standard InChI is InChI=1S/C10H14BrN3S/c1-4-15-10-7(13-12)5-6-8(9(10)11)14(2)3/h5-6,10H,4H2,1-3H3. The fourth-order valence-corrected chi connectivity index (χ4v) is 3.38. The zero-order valence-corrected chi connectivity index (χ0v) is 11.5. The van der Waals surface area contributed by atoms with Gasteiger partial charge in [-0.3, -0.25) is 0 Å². The summed E-state index contributed by atoms with van der Waals surface area (Å²) in [4.78, 5) is 5.36. The predicted molar refractivity (Wildman–Crippen MR) is 69.3 cm³/mol. The van der Waals surface area contributed by atoms with Crippen molar-refractivity contribution in [2.24, 2.45) is 0 Å². The number of hydrogen-bond donors (Lipinski definition) is 0. The second-order valence-corrected chi connectivity index (χ2v) is 5.56. The lowest BCUT2D eigenvalue weighted by molar-refractivity contribution is -0.00506. The molecule has 0 heterocycles. The molecule has 1 aliphatic carbocycles. The maximum absolute atomic E-state index is 8.90. The number of halogens is 1. The van der Waals surface area contributed by atoms with Crippen LogP contribution in [0.15, 0.2) is 22.3 Å². The summed E-state index contributed by atoms with van der Waals surface area (Å²) in [5.74, 6) is 0.979. The van der Waals surface area contributed by atoms with Crippen LogP contribution in [0.1, 0.15) is 6.92 Å². The summed E-state index contributed by atoms with van der Waals surface area (Å²) in [6, 6.07) is 0. The number of nitrogens with zero attached hydrogens (tertiary/aromatic N) is 3. The molecule has 0 N–H and O–H groups in total. The number of thioether (sulfide) groups is 1. The van der Waals surface area contributed by atoms with Crippen molar-refractivity contribution < 1.29 is 4.79 Å². The van der Waals surface area contributed by atoms with Gasteiger partial charge in [0.05, 0.1) is 0 Å². The van der Waals surface area contributed by atoms with E-state index >= 15 is 0 Å². The molecular formula is C10H14BrN3S. The second-order valence-electron chi connectivity index (χ2n) is 3.32. The number of hydrogen-bond acceptors (Lipinski definition) is 2.